The summed E-state index contributed by atoms with van der Waals surface area (Å²) in [5.41, 5.74) is 4.57. The van der Waals surface area contributed by atoms with Crippen molar-refractivity contribution in [2.24, 2.45) is 0 Å². The number of hydrogen-bond donors (Lipinski definition) is 1. The van der Waals surface area contributed by atoms with Gasteiger partial charge in [0.05, 0.1) is 25.0 Å². The van der Waals surface area contributed by atoms with Crippen molar-refractivity contribution in [1.29, 1.82) is 5.26 Å². The molecule has 156 valence electrons. The van der Waals surface area contributed by atoms with Gasteiger partial charge < -0.3 is 15.0 Å². The Kier molecular flexibility index (Phi) is 6.50. The number of benzene rings is 2. The predicted octanol–water partition coefficient (Wildman–Crippen LogP) is 2.82. The summed E-state index contributed by atoms with van der Waals surface area (Å²) in [6, 6.07) is 19.4. The van der Waals surface area contributed by atoms with Gasteiger partial charge in [0.25, 0.3) is 5.91 Å². The Morgan fingerprint density at radius 1 is 1.13 bits per heavy atom. The summed E-state index contributed by atoms with van der Waals surface area (Å²) in [5.74, 6) is 0.476. The second-order valence-electron chi connectivity index (χ2n) is 7.22. The number of nitrogens with zero attached hydrogens (tertiary/aromatic N) is 4. The van der Waals surface area contributed by atoms with Crippen LogP contribution in [0.1, 0.15) is 21.7 Å². The van der Waals surface area contributed by atoms with E-state index in [2.05, 4.69) is 39.5 Å². The predicted molar refractivity (Wildman–Crippen MR) is 118 cm³/mol. The minimum absolute atomic E-state index is 0.0113. The van der Waals surface area contributed by atoms with Crippen LogP contribution in [0.3, 0.4) is 0 Å². The summed E-state index contributed by atoms with van der Waals surface area (Å²) in [4.78, 5) is 23.4. The van der Waals surface area contributed by atoms with Gasteiger partial charge in [-0.3, -0.25) is 4.79 Å². The van der Waals surface area contributed by atoms with Crippen LogP contribution in [-0.2, 0) is 11.2 Å². The molecule has 0 unspecified atom stereocenters. The Bertz CT molecular complexity index is 1090. The summed E-state index contributed by atoms with van der Waals surface area (Å²) in [7, 11) is 0. The fraction of sp³-hybridized carbons (Fsp3) is 0.250. The minimum Gasteiger partial charge on any atom is -0.378 e. The molecule has 3 aromatic rings. The number of ether oxygens (including phenoxy) is 1. The van der Waals surface area contributed by atoms with Crippen LogP contribution in [0, 0.1) is 11.3 Å². The van der Waals surface area contributed by atoms with E-state index in [-0.39, 0.29) is 12.5 Å². The zero-order valence-corrected chi connectivity index (χ0v) is 17.1. The van der Waals surface area contributed by atoms with E-state index in [0.717, 1.165) is 48.9 Å². The largest absolute Gasteiger partial charge is 0.378 e. The lowest BCUT2D eigenvalue weighted by Gasteiger charge is -2.29. The molecular formula is C24H23N5O2. The van der Waals surface area contributed by atoms with E-state index >= 15 is 0 Å². The zero-order chi connectivity index (χ0) is 21.5. The van der Waals surface area contributed by atoms with E-state index in [9.17, 15) is 4.79 Å². The molecule has 7 heteroatoms. The molecule has 2 heterocycles. The van der Waals surface area contributed by atoms with Crippen LogP contribution in [-0.4, -0.2) is 48.7 Å². The second kappa shape index (κ2) is 9.83. The summed E-state index contributed by atoms with van der Waals surface area (Å²) >= 11 is 0. The van der Waals surface area contributed by atoms with Gasteiger partial charge >= 0.3 is 0 Å². The Morgan fingerprint density at radius 2 is 1.94 bits per heavy atom. The lowest BCUT2D eigenvalue weighted by atomic mass is 10.1. The maximum atomic E-state index is 12.0. The molecular weight excluding hydrogens is 390 g/mol. The highest BCUT2D eigenvalue weighted by atomic mass is 16.5. The standard InChI is InChI=1S/C24H23N5O2/c25-9-11-27-24(30)20-6-4-19(5-7-20)22-8-10-26-23(28-22)17-18-2-1-3-21(16-18)29-12-14-31-15-13-29/h1-8,10,16H,11-15,17H2,(H,27,30). The molecule has 1 saturated heterocycles. The molecule has 0 atom stereocenters. The van der Waals surface area contributed by atoms with E-state index in [1.54, 1.807) is 18.3 Å². The zero-order valence-electron chi connectivity index (χ0n) is 17.1. The van der Waals surface area contributed by atoms with Gasteiger partial charge in [-0.25, -0.2) is 9.97 Å². The Morgan fingerprint density at radius 3 is 2.71 bits per heavy atom. The number of morpholine rings is 1. The average molecular weight is 413 g/mol. The number of aromatic nitrogens is 2. The highest BCUT2D eigenvalue weighted by Gasteiger charge is 2.12. The number of carbonyl (C=O) groups excluding carboxylic acids is 1. The normalized spacial score (nSPS) is 13.5. The van der Waals surface area contributed by atoms with Crippen LogP contribution >= 0.6 is 0 Å². The third-order valence-electron chi connectivity index (χ3n) is 5.13. The highest BCUT2D eigenvalue weighted by Crippen LogP contribution is 2.21. The number of hydrogen-bond acceptors (Lipinski definition) is 6. The topological polar surface area (TPSA) is 91.1 Å². The summed E-state index contributed by atoms with van der Waals surface area (Å²) < 4.78 is 5.44. The third kappa shape index (κ3) is 5.24. The van der Waals surface area contributed by atoms with Crippen molar-refractivity contribution in [3.8, 4) is 17.3 Å². The molecule has 31 heavy (non-hydrogen) atoms. The second-order valence-corrected chi connectivity index (χ2v) is 7.22. The van der Waals surface area contributed by atoms with Gasteiger partial charge in [-0.1, -0.05) is 24.3 Å². The van der Waals surface area contributed by atoms with Crippen molar-refractivity contribution < 1.29 is 9.53 Å². The third-order valence-corrected chi connectivity index (χ3v) is 5.13. The number of carbonyl (C=O) groups is 1. The van der Waals surface area contributed by atoms with Crippen molar-refractivity contribution in [2.75, 3.05) is 37.7 Å². The van der Waals surface area contributed by atoms with Crippen LogP contribution in [0.25, 0.3) is 11.3 Å². The Balaban J connectivity index is 1.47. The quantitative estimate of drug-likeness (QED) is 0.625. The molecule has 1 fully saturated rings. The van der Waals surface area contributed by atoms with E-state index < -0.39 is 0 Å². The van der Waals surface area contributed by atoms with Crippen molar-refractivity contribution in [1.82, 2.24) is 15.3 Å². The van der Waals surface area contributed by atoms with Crippen LogP contribution in [0.2, 0.25) is 0 Å². The molecule has 4 rings (SSSR count). The first-order valence-corrected chi connectivity index (χ1v) is 10.2. The Labute approximate surface area is 181 Å². The lowest BCUT2D eigenvalue weighted by Crippen LogP contribution is -2.36. The van der Waals surface area contributed by atoms with Gasteiger partial charge in [-0.2, -0.15) is 5.26 Å². The smallest absolute Gasteiger partial charge is 0.252 e. The summed E-state index contributed by atoms with van der Waals surface area (Å²) in [5, 5.41) is 11.1. The van der Waals surface area contributed by atoms with Crippen molar-refractivity contribution in [3.05, 3.63) is 77.7 Å². The van der Waals surface area contributed by atoms with E-state index in [0.29, 0.717) is 12.0 Å². The molecule has 0 radical (unpaired) electrons. The van der Waals surface area contributed by atoms with Crippen LogP contribution < -0.4 is 10.2 Å². The summed E-state index contributed by atoms with van der Waals surface area (Å²) in [6.45, 7) is 3.31. The minimum atomic E-state index is -0.267. The first-order valence-electron chi connectivity index (χ1n) is 10.2. The monoisotopic (exact) mass is 413 g/mol. The molecule has 1 aliphatic rings. The fourth-order valence-electron chi connectivity index (χ4n) is 3.53. The van der Waals surface area contributed by atoms with E-state index in [4.69, 9.17) is 15.0 Å². The van der Waals surface area contributed by atoms with Crippen LogP contribution in [0.5, 0.6) is 0 Å². The molecule has 2 aromatic carbocycles. The van der Waals surface area contributed by atoms with Gasteiger partial charge in [-0.15, -0.1) is 0 Å². The maximum Gasteiger partial charge on any atom is 0.252 e. The summed E-state index contributed by atoms with van der Waals surface area (Å²) in [6.07, 6.45) is 2.40. The lowest BCUT2D eigenvalue weighted by molar-refractivity contribution is 0.0958. The van der Waals surface area contributed by atoms with Crippen molar-refractivity contribution >= 4 is 11.6 Å². The average Bonchev–Trinajstić information content (AvgIpc) is 2.83. The van der Waals surface area contributed by atoms with Crippen molar-refractivity contribution in [3.63, 3.8) is 0 Å². The van der Waals surface area contributed by atoms with Gasteiger partial charge in [0.1, 0.15) is 12.4 Å². The first-order chi connectivity index (χ1) is 15.2. The first kappa shape index (κ1) is 20.5. The molecule has 1 aromatic heterocycles. The fourth-order valence-corrected chi connectivity index (χ4v) is 3.53. The number of nitrogens with one attached hydrogen (secondary N) is 1. The van der Waals surface area contributed by atoms with Gasteiger partial charge in [0.15, 0.2) is 0 Å². The number of amides is 1. The molecule has 0 saturated carbocycles. The molecule has 7 nitrogen and oxygen atoms in total. The maximum absolute atomic E-state index is 12.0. The van der Waals surface area contributed by atoms with E-state index in [1.807, 2.05) is 24.3 Å². The number of nitriles is 1. The SMILES string of the molecule is N#CCNC(=O)c1ccc(-c2ccnc(Cc3cccc(N4CCOCC4)c3)n2)cc1. The van der Waals surface area contributed by atoms with Crippen molar-refractivity contribution in [2.45, 2.75) is 6.42 Å². The van der Waals surface area contributed by atoms with Gasteiger partial charge in [0.2, 0.25) is 0 Å². The molecule has 0 aliphatic carbocycles. The number of anilines is 1. The van der Waals surface area contributed by atoms with Gasteiger partial charge in [-0.05, 0) is 35.9 Å². The van der Waals surface area contributed by atoms with Crippen LogP contribution in [0.4, 0.5) is 5.69 Å². The van der Waals surface area contributed by atoms with Crippen LogP contribution in [0.15, 0.2) is 60.8 Å². The van der Waals surface area contributed by atoms with E-state index in [1.165, 1.54) is 5.69 Å². The number of rotatable bonds is 6. The highest BCUT2D eigenvalue weighted by molar-refractivity contribution is 5.94. The molecule has 1 amide bonds. The van der Waals surface area contributed by atoms with Gasteiger partial charge in [0, 0.05) is 42.5 Å². The molecule has 0 spiro atoms. The Hall–Kier alpha value is -3.76. The molecule has 1 aliphatic heterocycles. The molecule has 0 bridgehead atoms. The molecule has 1 N–H and O–H groups in total.